The summed E-state index contributed by atoms with van der Waals surface area (Å²) in [4.78, 5) is 4.99. The molecule has 11 aromatic rings. The lowest BCUT2D eigenvalue weighted by molar-refractivity contribution is 0.590. The van der Waals surface area contributed by atoms with Crippen molar-refractivity contribution in [3.05, 3.63) is 243 Å². The third kappa shape index (κ3) is 7.02. The fourth-order valence-corrected chi connectivity index (χ4v) is 13.3. The zero-order valence-corrected chi connectivity index (χ0v) is 46.1. The molecule has 10 aromatic carbocycles. The van der Waals surface area contributed by atoms with E-state index in [1.54, 1.807) is 0 Å². The van der Waals surface area contributed by atoms with Crippen molar-refractivity contribution in [2.75, 3.05) is 9.80 Å². The van der Waals surface area contributed by atoms with Gasteiger partial charge in [-0.15, -0.1) is 0 Å². The van der Waals surface area contributed by atoms with Gasteiger partial charge in [0, 0.05) is 42.7 Å². The molecule has 0 saturated carbocycles. The summed E-state index contributed by atoms with van der Waals surface area (Å²) < 4.78 is 8.68. The van der Waals surface area contributed by atoms with Gasteiger partial charge in [-0.3, -0.25) is 0 Å². The van der Waals surface area contributed by atoms with Gasteiger partial charge < -0.3 is 14.2 Å². The number of anilines is 6. The van der Waals surface area contributed by atoms with Crippen molar-refractivity contribution in [1.82, 2.24) is 0 Å². The highest BCUT2D eigenvalue weighted by molar-refractivity contribution is 14.1. The molecule has 0 bridgehead atoms. The number of hydrogen-bond donors (Lipinski definition) is 0. The van der Waals surface area contributed by atoms with E-state index in [2.05, 4.69) is 287 Å². The molecular weight excluding hydrogens is 1020 g/mol. The fraction of sp³-hybridized carbons (Fsp3) is 0.147. The Labute approximate surface area is 445 Å². The normalized spacial score (nSPS) is 13.5. The van der Waals surface area contributed by atoms with E-state index in [4.69, 9.17) is 4.42 Å². The second-order valence-electron chi connectivity index (χ2n) is 22.1. The number of benzene rings is 10. The van der Waals surface area contributed by atoms with Crippen molar-refractivity contribution in [2.45, 2.75) is 64.3 Å². The monoisotopic (exact) mass is 1070 g/mol. The molecule has 1 spiro atoms. The van der Waals surface area contributed by atoms with Crippen molar-refractivity contribution < 1.29 is 4.42 Å². The van der Waals surface area contributed by atoms with Crippen LogP contribution >= 0.6 is 22.6 Å². The van der Waals surface area contributed by atoms with Gasteiger partial charge in [0.05, 0.1) is 31.7 Å². The molecular formula is C68H57IN2OSi. The molecule has 0 aliphatic heterocycles. The molecule has 0 atom stereocenters. The predicted molar refractivity (Wildman–Crippen MR) is 321 cm³/mol. The molecule has 356 valence electrons. The summed E-state index contributed by atoms with van der Waals surface area (Å²) in [6.45, 7) is 16.1. The molecule has 0 radical (unpaired) electrons. The van der Waals surface area contributed by atoms with E-state index >= 15 is 0 Å². The average Bonchev–Trinajstić information content (AvgIpc) is 4.04. The highest BCUT2D eigenvalue weighted by Crippen LogP contribution is 2.67. The first-order chi connectivity index (χ1) is 35.3. The summed E-state index contributed by atoms with van der Waals surface area (Å²) in [5, 5.41) is 6.03. The SMILES string of the molecule is C[SiH2]c1ccc(N(c2ccc(C(C)(C)C)cc2)c2cc3c(c4oc5ccccc5c24)-c2c(cc(N(c4ccc(I)cc4)c4ccc(C(C)(C)C)cc4)c4ccccc24)C32c3ccccc3-c3ccccc32)cc1. The molecule has 3 nitrogen and oxygen atoms in total. The molecule has 2 aliphatic carbocycles. The Morgan fingerprint density at radius 3 is 1.42 bits per heavy atom. The number of para-hydroxylation sites is 1. The van der Waals surface area contributed by atoms with Crippen molar-refractivity contribution in [2.24, 2.45) is 0 Å². The van der Waals surface area contributed by atoms with Crippen LogP contribution in [0.3, 0.4) is 0 Å². The molecule has 13 rings (SSSR count). The van der Waals surface area contributed by atoms with Gasteiger partial charge in [-0.05, 0) is 168 Å². The maximum atomic E-state index is 7.48. The van der Waals surface area contributed by atoms with E-state index in [-0.39, 0.29) is 20.3 Å². The van der Waals surface area contributed by atoms with Crippen LogP contribution in [0.1, 0.15) is 74.9 Å². The molecule has 1 heterocycles. The second kappa shape index (κ2) is 16.9. The topological polar surface area (TPSA) is 19.6 Å². The molecule has 1 aromatic heterocycles. The van der Waals surface area contributed by atoms with E-state index in [1.807, 2.05) is 0 Å². The maximum Gasteiger partial charge on any atom is 0.145 e. The first-order valence-corrected chi connectivity index (χ1v) is 28.9. The zero-order valence-electron chi connectivity index (χ0n) is 42.5. The Kier molecular flexibility index (Phi) is 10.6. The van der Waals surface area contributed by atoms with Gasteiger partial charge in [0.1, 0.15) is 11.2 Å². The Hall–Kier alpha value is -7.19. The summed E-state index contributed by atoms with van der Waals surface area (Å²) in [6.07, 6.45) is 0. The standard InChI is InChI=1S/C68H57IN2OSi/c1-66(2,3)42-24-30-45(31-25-42)70(47-34-28-44(69)29-35-47)59-40-57-62(53-19-9-8-18-52(53)59)64-58(68(57)55-21-13-10-16-50(55)51-17-11-14-22-56(51)68)41-60(63-54-20-12-15-23-61(54)72-65(63)64)71(48-36-38-49(73-7)39-37-48)46-32-26-43(27-33-46)67(4,5)6/h8-41H,73H2,1-7H3. The molecule has 0 amide bonds. The van der Waals surface area contributed by atoms with E-state index < -0.39 is 5.41 Å². The Bertz CT molecular complexity index is 3920. The van der Waals surface area contributed by atoms with Crippen LogP contribution in [-0.2, 0) is 16.2 Å². The summed E-state index contributed by atoms with van der Waals surface area (Å²) in [7, 11) is -0.364. The van der Waals surface area contributed by atoms with E-state index in [0.29, 0.717) is 0 Å². The fourth-order valence-electron chi connectivity index (χ4n) is 12.2. The highest BCUT2D eigenvalue weighted by atomic mass is 127. The second-order valence-corrected chi connectivity index (χ2v) is 24.9. The van der Waals surface area contributed by atoms with Crippen molar-refractivity contribution in [3.63, 3.8) is 0 Å². The lowest BCUT2D eigenvalue weighted by Gasteiger charge is -2.34. The first-order valence-electron chi connectivity index (χ1n) is 25.7. The van der Waals surface area contributed by atoms with Crippen LogP contribution in [0.15, 0.2) is 211 Å². The van der Waals surface area contributed by atoms with Crippen LogP contribution in [-0.4, -0.2) is 9.52 Å². The summed E-state index contributed by atoms with van der Waals surface area (Å²) in [5.41, 5.74) is 20.3. The predicted octanol–water partition coefficient (Wildman–Crippen LogP) is 18.1. The number of furan rings is 1. The molecule has 0 N–H and O–H groups in total. The van der Waals surface area contributed by atoms with Crippen LogP contribution in [0.2, 0.25) is 6.55 Å². The smallest absolute Gasteiger partial charge is 0.145 e. The van der Waals surface area contributed by atoms with Crippen molar-refractivity contribution in [1.29, 1.82) is 0 Å². The maximum absolute atomic E-state index is 7.48. The van der Waals surface area contributed by atoms with Crippen LogP contribution in [0.5, 0.6) is 0 Å². The molecule has 73 heavy (non-hydrogen) atoms. The van der Waals surface area contributed by atoms with Crippen LogP contribution in [0.25, 0.3) is 55.0 Å². The minimum atomic E-state index is -0.716. The zero-order chi connectivity index (χ0) is 50.0. The Morgan fingerprint density at radius 1 is 0.438 bits per heavy atom. The number of rotatable bonds is 7. The summed E-state index contributed by atoms with van der Waals surface area (Å²) in [5.74, 6) is 0. The average molecular weight is 1070 g/mol. The van der Waals surface area contributed by atoms with Crippen molar-refractivity contribution in [3.8, 4) is 22.3 Å². The lowest BCUT2D eigenvalue weighted by atomic mass is 9.70. The lowest BCUT2D eigenvalue weighted by Crippen LogP contribution is -2.26. The van der Waals surface area contributed by atoms with Gasteiger partial charge in [-0.2, -0.15) is 0 Å². The Morgan fingerprint density at radius 2 is 0.877 bits per heavy atom. The van der Waals surface area contributed by atoms with Gasteiger partial charge in [0.25, 0.3) is 0 Å². The summed E-state index contributed by atoms with van der Waals surface area (Å²) in [6, 6.07) is 78.1. The largest absolute Gasteiger partial charge is 0.455 e. The van der Waals surface area contributed by atoms with Gasteiger partial charge in [-0.25, -0.2) is 0 Å². The number of nitrogens with zero attached hydrogens (tertiary/aromatic N) is 2. The molecule has 0 unspecified atom stereocenters. The number of halogens is 1. The van der Waals surface area contributed by atoms with Gasteiger partial charge in [-0.1, -0.05) is 181 Å². The molecule has 5 heteroatoms. The van der Waals surface area contributed by atoms with E-state index in [9.17, 15) is 0 Å². The first kappa shape index (κ1) is 45.7. The van der Waals surface area contributed by atoms with Crippen molar-refractivity contribution >= 4 is 104 Å². The molecule has 0 saturated heterocycles. The number of hydrogen-bond acceptors (Lipinski definition) is 3. The highest BCUT2D eigenvalue weighted by Gasteiger charge is 2.54. The molecule has 0 fully saturated rings. The van der Waals surface area contributed by atoms with Crippen LogP contribution in [0, 0.1) is 3.57 Å². The van der Waals surface area contributed by atoms with Crippen LogP contribution in [0.4, 0.5) is 34.1 Å². The third-order valence-corrected chi connectivity index (χ3v) is 17.8. The van der Waals surface area contributed by atoms with Crippen LogP contribution < -0.4 is 15.0 Å². The number of fused-ring (bicyclic) bond motifs is 16. The minimum absolute atomic E-state index is 0.00593. The van der Waals surface area contributed by atoms with Gasteiger partial charge in [0.2, 0.25) is 0 Å². The van der Waals surface area contributed by atoms with Gasteiger partial charge >= 0.3 is 0 Å². The Balaban J connectivity index is 1.20. The van der Waals surface area contributed by atoms with E-state index in [1.165, 1.54) is 69.6 Å². The third-order valence-electron chi connectivity index (χ3n) is 15.8. The quantitative estimate of drug-likeness (QED) is 0.117. The van der Waals surface area contributed by atoms with E-state index in [0.717, 1.165) is 61.6 Å². The minimum Gasteiger partial charge on any atom is -0.455 e. The molecule has 2 aliphatic rings. The van der Waals surface area contributed by atoms with Gasteiger partial charge in [0.15, 0.2) is 0 Å². The summed E-state index contributed by atoms with van der Waals surface area (Å²) >= 11 is 2.43.